The molecule has 6 nitrogen and oxygen atoms in total. The van der Waals surface area contributed by atoms with E-state index < -0.39 is 11.9 Å². The van der Waals surface area contributed by atoms with Gasteiger partial charge in [-0.05, 0) is 48.4 Å². The number of rotatable bonds is 7. The number of nitrogens with one attached hydrogen (secondary N) is 1. The Morgan fingerprint density at radius 1 is 1.12 bits per heavy atom. The molecule has 0 fully saturated rings. The first-order chi connectivity index (χ1) is 11.9. The SMILES string of the molecule is COCc1cc(NC(=O)C(C)c2ccc(OC)cc2)cc(C(=O)O)c1. The zero-order valence-corrected chi connectivity index (χ0v) is 14.4. The third-order valence-corrected chi connectivity index (χ3v) is 3.83. The van der Waals surface area contributed by atoms with Crippen LogP contribution < -0.4 is 10.1 Å². The van der Waals surface area contributed by atoms with Crippen molar-refractivity contribution in [3.63, 3.8) is 0 Å². The van der Waals surface area contributed by atoms with Gasteiger partial charge in [-0.25, -0.2) is 4.79 Å². The molecule has 2 rings (SSSR count). The van der Waals surface area contributed by atoms with Crippen molar-refractivity contribution in [3.8, 4) is 5.75 Å². The minimum atomic E-state index is -1.06. The molecule has 0 saturated heterocycles. The number of methoxy groups -OCH3 is 2. The van der Waals surface area contributed by atoms with Gasteiger partial charge in [-0.3, -0.25) is 4.79 Å². The molecule has 0 saturated carbocycles. The Morgan fingerprint density at radius 2 is 1.80 bits per heavy atom. The summed E-state index contributed by atoms with van der Waals surface area (Å²) in [5.41, 5.74) is 2.04. The minimum absolute atomic E-state index is 0.0990. The van der Waals surface area contributed by atoms with E-state index in [9.17, 15) is 14.7 Å². The van der Waals surface area contributed by atoms with Crippen LogP contribution in [-0.2, 0) is 16.1 Å². The Hall–Kier alpha value is -2.86. The summed E-state index contributed by atoms with van der Waals surface area (Å²) in [7, 11) is 3.11. The van der Waals surface area contributed by atoms with Crippen LogP contribution in [0.5, 0.6) is 5.75 Å². The highest BCUT2D eigenvalue weighted by molar-refractivity contribution is 5.97. The first-order valence-electron chi connectivity index (χ1n) is 7.75. The summed E-state index contributed by atoms with van der Waals surface area (Å²) in [6.07, 6.45) is 0. The summed E-state index contributed by atoms with van der Waals surface area (Å²) in [5.74, 6) is -0.965. The fourth-order valence-electron chi connectivity index (χ4n) is 2.43. The maximum Gasteiger partial charge on any atom is 0.335 e. The fourth-order valence-corrected chi connectivity index (χ4v) is 2.43. The number of carbonyl (C=O) groups excluding carboxylic acids is 1. The zero-order valence-electron chi connectivity index (χ0n) is 14.4. The van der Waals surface area contributed by atoms with Crippen molar-refractivity contribution < 1.29 is 24.2 Å². The average molecular weight is 343 g/mol. The molecule has 6 heteroatoms. The van der Waals surface area contributed by atoms with E-state index in [-0.39, 0.29) is 18.1 Å². The highest BCUT2D eigenvalue weighted by Crippen LogP contribution is 2.22. The Morgan fingerprint density at radius 3 is 2.36 bits per heavy atom. The summed E-state index contributed by atoms with van der Waals surface area (Å²) >= 11 is 0. The van der Waals surface area contributed by atoms with E-state index in [2.05, 4.69) is 5.32 Å². The van der Waals surface area contributed by atoms with Crippen LogP contribution in [0, 0.1) is 0 Å². The molecule has 0 aromatic heterocycles. The number of carboxylic acid groups (broad SMARTS) is 1. The van der Waals surface area contributed by atoms with E-state index in [0.717, 1.165) is 11.3 Å². The number of carboxylic acids is 1. The highest BCUT2D eigenvalue weighted by atomic mass is 16.5. The second-order valence-corrected chi connectivity index (χ2v) is 5.64. The Labute approximate surface area is 146 Å². The van der Waals surface area contributed by atoms with E-state index in [4.69, 9.17) is 9.47 Å². The van der Waals surface area contributed by atoms with Gasteiger partial charge in [0.2, 0.25) is 5.91 Å². The van der Waals surface area contributed by atoms with E-state index in [1.165, 1.54) is 19.2 Å². The second-order valence-electron chi connectivity index (χ2n) is 5.64. The van der Waals surface area contributed by atoms with Crippen LogP contribution in [0.15, 0.2) is 42.5 Å². The molecule has 0 spiro atoms. The third-order valence-electron chi connectivity index (χ3n) is 3.83. The molecule has 132 valence electrons. The molecule has 1 atom stereocenters. The Bertz CT molecular complexity index is 755. The van der Waals surface area contributed by atoms with Crippen LogP contribution in [0.4, 0.5) is 5.69 Å². The predicted octanol–water partition coefficient (Wildman–Crippen LogP) is 3.28. The smallest absolute Gasteiger partial charge is 0.335 e. The van der Waals surface area contributed by atoms with Gasteiger partial charge < -0.3 is 19.9 Å². The van der Waals surface area contributed by atoms with Gasteiger partial charge in [0.15, 0.2) is 0 Å². The molecular weight excluding hydrogens is 322 g/mol. The summed E-state index contributed by atoms with van der Waals surface area (Å²) < 4.78 is 10.2. The van der Waals surface area contributed by atoms with Crippen molar-refractivity contribution in [2.24, 2.45) is 0 Å². The maximum absolute atomic E-state index is 12.5. The number of hydrogen-bond acceptors (Lipinski definition) is 4. The average Bonchev–Trinajstić information content (AvgIpc) is 2.61. The first kappa shape index (κ1) is 18.5. The van der Waals surface area contributed by atoms with Crippen LogP contribution in [0.1, 0.15) is 34.3 Å². The molecule has 0 heterocycles. The Balaban J connectivity index is 2.19. The van der Waals surface area contributed by atoms with Crippen LogP contribution in [0.3, 0.4) is 0 Å². The lowest BCUT2D eigenvalue weighted by atomic mass is 10.00. The number of aromatic carboxylic acids is 1. The maximum atomic E-state index is 12.5. The number of anilines is 1. The molecule has 0 aliphatic carbocycles. The summed E-state index contributed by atoms with van der Waals surface area (Å²) in [6, 6.07) is 11.9. The van der Waals surface area contributed by atoms with Crippen LogP contribution in [-0.4, -0.2) is 31.2 Å². The normalized spacial score (nSPS) is 11.6. The summed E-state index contributed by atoms with van der Waals surface area (Å²) in [4.78, 5) is 23.7. The molecular formula is C19H21NO5. The molecule has 0 aliphatic heterocycles. The first-order valence-corrected chi connectivity index (χ1v) is 7.75. The van der Waals surface area contributed by atoms with Gasteiger partial charge in [0.05, 0.1) is 25.2 Å². The molecule has 2 N–H and O–H groups in total. The van der Waals surface area contributed by atoms with Gasteiger partial charge in [-0.2, -0.15) is 0 Å². The standard InChI is InChI=1S/C19H21NO5/c1-12(14-4-6-17(25-3)7-5-14)18(21)20-16-9-13(11-24-2)8-15(10-16)19(22)23/h4-10,12H,11H2,1-3H3,(H,20,21)(H,22,23). The zero-order chi connectivity index (χ0) is 18.4. The highest BCUT2D eigenvalue weighted by Gasteiger charge is 2.17. The van der Waals surface area contributed by atoms with Crippen molar-refractivity contribution in [3.05, 3.63) is 59.2 Å². The topological polar surface area (TPSA) is 84.9 Å². The number of carbonyl (C=O) groups is 2. The van der Waals surface area contributed by atoms with Gasteiger partial charge >= 0.3 is 5.97 Å². The third kappa shape index (κ3) is 4.81. The van der Waals surface area contributed by atoms with Gasteiger partial charge in [-0.15, -0.1) is 0 Å². The van der Waals surface area contributed by atoms with Crippen molar-refractivity contribution >= 4 is 17.6 Å². The molecule has 25 heavy (non-hydrogen) atoms. The number of hydrogen-bond donors (Lipinski definition) is 2. The van der Waals surface area contributed by atoms with E-state index in [0.29, 0.717) is 11.3 Å². The lowest BCUT2D eigenvalue weighted by molar-refractivity contribution is -0.117. The minimum Gasteiger partial charge on any atom is -0.497 e. The number of amides is 1. The van der Waals surface area contributed by atoms with E-state index >= 15 is 0 Å². The van der Waals surface area contributed by atoms with Crippen molar-refractivity contribution in [2.45, 2.75) is 19.4 Å². The lowest BCUT2D eigenvalue weighted by Crippen LogP contribution is -2.19. The van der Waals surface area contributed by atoms with Crippen LogP contribution in [0.2, 0.25) is 0 Å². The van der Waals surface area contributed by atoms with E-state index in [1.807, 2.05) is 12.1 Å². The van der Waals surface area contributed by atoms with Crippen molar-refractivity contribution in [1.29, 1.82) is 0 Å². The Kier molecular flexibility index (Phi) is 6.14. The lowest BCUT2D eigenvalue weighted by Gasteiger charge is -2.14. The molecule has 2 aromatic carbocycles. The molecule has 0 radical (unpaired) electrons. The molecule has 2 aromatic rings. The molecule has 0 aliphatic rings. The van der Waals surface area contributed by atoms with Crippen LogP contribution >= 0.6 is 0 Å². The van der Waals surface area contributed by atoms with Gasteiger partial charge in [0, 0.05) is 12.8 Å². The molecule has 1 amide bonds. The molecule has 1 unspecified atom stereocenters. The van der Waals surface area contributed by atoms with Crippen molar-refractivity contribution in [2.75, 3.05) is 19.5 Å². The fraction of sp³-hybridized carbons (Fsp3) is 0.263. The summed E-state index contributed by atoms with van der Waals surface area (Å²) in [6.45, 7) is 2.05. The van der Waals surface area contributed by atoms with Gasteiger partial charge in [0.25, 0.3) is 0 Å². The molecule has 0 bridgehead atoms. The predicted molar refractivity (Wildman–Crippen MR) is 94.2 cm³/mol. The summed E-state index contributed by atoms with van der Waals surface area (Å²) in [5, 5.41) is 12.0. The number of benzene rings is 2. The van der Waals surface area contributed by atoms with Gasteiger partial charge in [0.1, 0.15) is 5.75 Å². The van der Waals surface area contributed by atoms with Crippen molar-refractivity contribution in [1.82, 2.24) is 0 Å². The van der Waals surface area contributed by atoms with Gasteiger partial charge in [-0.1, -0.05) is 12.1 Å². The quantitative estimate of drug-likeness (QED) is 0.806. The van der Waals surface area contributed by atoms with Crippen LogP contribution in [0.25, 0.3) is 0 Å². The van der Waals surface area contributed by atoms with E-state index in [1.54, 1.807) is 32.2 Å². The number of ether oxygens (including phenoxy) is 2. The monoisotopic (exact) mass is 343 g/mol. The second kappa shape index (κ2) is 8.30. The largest absolute Gasteiger partial charge is 0.497 e.